The number of benzene rings is 2. The van der Waals surface area contributed by atoms with E-state index in [9.17, 15) is 19.8 Å². The maximum atomic E-state index is 11.4. The van der Waals surface area contributed by atoms with Crippen molar-refractivity contribution < 1.29 is 24.5 Å². The van der Waals surface area contributed by atoms with Crippen LogP contribution in [0.2, 0.25) is 0 Å². The first-order chi connectivity index (χ1) is 11.9. The van der Waals surface area contributed by atoms with Gasteiger partial charge in [-0.05, 0) is 29.8 Å². The number of rotatable bonds is 7. The fourth-order valence-electron chi connectivity index (χ4n) is 2.24. The van der Waals surface area contributed by atoms with E-state index in [1.165, 1.54) is 25.8 Å². The Bertz CT molecular complexity index is 754. The number of aliphatic hydroxyl groups excluding tert-OH is 1. The fourth-order valence-corrected chi connectivity index (χ4v) is 3.45. The molecule has 2 rings (SSSR count). The predicted molar refractivity (Wildman–Crippen MR) is 102 cm³/mol. The number of hydrogen-bond donors (Lipinski definition) is 3. The summed E-state index contributed by atoms with van der Waals surface area (Å²) in [4.78, 5) is 23.4. The zero-order chi connectivity index (χ0) is 18.4. The summed E-state index contributed by atoms with van der Waals surface area (Å²) in [5, 5.41) is 21.4. The molecule has 0 unspecified atom stereocenters. The maximum absolute atomic E-state index is 11.4. The molecule has 0 aromatic heterocycles. The van der Waals surface area contributed by atoms with Crippen LogP contribution in [0.15, 0.2) is 53.4 Å². The molecule has 1 radical (unpaired) electrons. The summed E-state index contributed by atoms with van der Waals surface area (Å²) in [5.74, 6) is -0.908. The molecule has 0 aliphatic heterocycles. The van der Waals surface area contributed by atoms with Gasteiger partial charge in [0.15, 0.2) is 6.10 Å². The SMILES string of the molecule is COc1ccc([C@@H](Sc2ccccc2NC(C)=O)[C@H](O)C(=O)O)cc1.[Na]. The molecule has 26 heavy (non-hydrogen) atoms. The molecular formula is C18H19NNaO5S. The maximum Gasteiger partial charge on any atom is 0.334 e. The molecule has 0 saturated carbocycles. The van der Waals surface area contributed by atoms with Crippen molar-refractivity contribution in [3.63, 3.8) is 0 Å². The van der Waals surface area contributed by atoms with Crippen molar-refractivity contribution in [3.8, 4) is 5.75 Å². The first-order valence-corrected chi connectivity index (χ1v) is 8.38. The van der Waals surface area contributed by atoms with E-state index in [2.05, 4.69) is 5.32 Å². The second kappa shape index (κ2) is 10.6. The van der Waals surface area contributed by atoms with E-state index in [4.69, 9.17) is 4.74 Å². The molecule has 133 valence electrons. The van der Waals surface area contributed by atoms with Gasteiger partial charge >= 0.3 is 5.97 Å². The van der Waals surface area contributed by atoms with Crippen molar-refractivity contribution in [2.45, 2.75) is 23.2 Å². The van der Waals surface area contributed by atoms with Crippen LogP contribution in [-0.4, -0.2) is 64.9 Å². The number of hydrogen-bond acceptors (Lipinski definition) is 5. The summed E-state index contributed by atoms with van der Waals surface area (Å²) in [6.07, 6.45) is -1.61. The molecule has 1 amide bonds. The van der Waals surface area contributed by atoms with E-state index in [1.807, 2.05) is 0 Å². The number of carbonyl (C=O) groups excluding carboxylic acids is 1. The van der Waals surface area contributed by atoms with E-state index in [0.717, 1.165) is 0 Å². The zero-order valence-corrected chi connectivity index (χ0v) is 17.6. The van der Waals surface area contributed by atoms with Crippen molar-refractivity contribution in [1.82, 2.24) is 0 Å². The smallest absolute Gasteiger partial charge is 0.334 e. The van der Waals surface area contributed by atoms with Gasteiger partial charge in [-0.25, -0.2) is 4.79 Å². The number of methoxy groups -OCH3 is 1. The molecule has 2 aromatic rings. The minimum absolute atomic E-state index is 0. The Labute approximate surface area is 178 Å². The monoisotopic (exact) mass is 384 g/mol. The summed E-state index contributed by atoms with van der Waals surface area (Å²) >= 11 is 1.17. The van der Waals surface area contributed by atoms with Crippen LogP contribution >= 0.6 is 11.8 Å². The second-order valence-corrected chi connectivity index (χ2v) is 6.46. The minimum Gasteiger partial charge on any atom is -0.497 e. The molecule has 3 N–H and O–H groups in total. The summed E-state index contributed by atoms with van der Waals surface area (Å²) in [6.45, 7) is 1.40. The number of carbonyl (C=O) groups is 2. The van der Waals surface area contributed by atoms with E-state index >= 15 is 0 Å². The van der Waals surface area contributed by atoms with Crippen molar-refractivity contribution >= 4 is 58.9 Å². The van der Waals surface area contributed by atoms with Crippen LogP contribution in [0.4, 0.5) is 5.69 Å². The van der Waals surface area contributed by atoms with E-state index in [1.54, 1.807) is 48.5 Å². The van der Waals surface area contributed by atoms with Crippen molar-refractivity contribution in [3.05, 3.63) is 54.1 Å². The van der Waals surface area contributed by atoms with Gasteiger partial charge in [0.2, 0.25) is 5.91 Å². The average molecular weight is 384 g/mol. The third-order valence-electron chi connectivity index (χ3n) is 3.44. The van der Waals surface area contributed by atoms with Gasteiger partial charge in [-0.3, -0.25) is 4.79 Å². The van der Waals surface area contributed by atoms with Gasteiger partial charge in [-0.15, -0.1) is 11.8 Å². The summed E-state index contributed by atoms with van der Waals surface area (Å²) < 4.78 is 5.10. The van der Waals surface area contributed by atoms with Crippen LogP contribution in [-0.2, 0) is 9.59 Å². The molecule has 0 heterocycles. The molecule has 0 aliphatic rings. The van der Waals surface area contributed by atoms with Crippen molar-refractivity contribution in [1.29, 1.82) is 0 Å². The van der Waals surface area contributed by atoms with Gasteiger partial charge in [-0.2, -0.15) is 0 Å². The number of amides is 1. The number of nitrogens with one attached hydrogen (secondary N) is 1. The van der Waals surface area contributed by atoms with Gasteiger partial charge in [0.1, 0.15) is 5.75 Å². The number of carboxylic acids is 1. The topological polar surface area (TPSA) is 95.9 Å². The summed E-state index contributed by atoms with van der Waals surface area (Å²) in [5.41, 5.74) is 1.20. The fraction of sp³-hybridized carbons (Fsp3) is 0.222. The number of para-hydroxylation sites is 1. The molecule has 0 bridgehead atoms. The van der Waals surface area contributed by atoms with Gasteiger partial charge < -0.3 is 20.3 Å². The third kappa shape index (κ3) is 6.03. The molecular weight excluding hydrogens is 365 g/mol. The van der Waals surface area contributed by atoms with Crippen LogP contribution in [0.5, 0.6) is 5.75 Å². The molecule has 0 saturated heterocycles. The number of aliphatic carboxylic acids is 1. The van der Waals surface area contributed by atoms with Crippen LogP contribution in [0, 0.1) is 0 Å². The van der Waals surface area contributed by atoms with Crippen LogP contribution in [0.3, 0.4) is 0 Å². The molecule has 2 aromatic carbocycles. The van der Waals surface area contributed by atoms with Gasteiger partial charge in [0.25, 0.3) is 0 Å². The quantitative estimate of drug-likeness (QED) is 0.502. The Kier molecular flexibility index (Phi) is 9.18. The predicted octanol–water partition coefficient (Wildman–Crippen LogP) is 2.55. The van der Waals surface area contributed by atoms with Gasteiger partial charge in [-0.1, -0.05) is 24.3 Å². The Morgan fingerprint density at radius 1 is 1.12 bits per heavy atom. The Balaban J connectivity index is 0.00000338. The number of carboxylic acid groups (broad SMARTS) is 1. The second-order valence-electron chi connectivity index (χ2n) is 5.27. The number of aliphatic hydroxyl groups is 1. The Morgan fingerprint density at radius 2 is 1.73 bits per heavy atom. The zero-order valence-electron chi connectivity index (χ0n) is 14.8. The molecule has 0 aliphatic carbocycles. The van der Waals surface area contributed by atoms with Crippen molar-refractivity contribution in [2.24, 2.45) is 0 Å². The van der Waals surface area contributed by atoms with E-state index in [0.29, 0.717) is 21.9 Å². The van der Waals surface area contributed by atoms with Crippen LogP contribution < -0.4 is 10.1 Å². The largest absolute Gasteiger partial charge is 0.497 e. The van der Waals surface area contributed by atoms with Gasteiger partial charge in [0, 0.05) is 41.4 Å². The number of ether oxygens (including phenoxy) is 1. The van der Waals surface area contributed by atoms with Gasteiger partial charge in [0.05, 0.1) is 18.0 Å². The molecule has 0 fully saturated rings. The summed E-state index contributed by atoms with van der Waals surface area (Å²) in [7, 11) is 1.54. The Morgan fingerprint density at radius 3 is 2.27 bits per heavy atom. The summed E-state index contributed by atoms with van der Waals surface area (Å²) in [6, 6.07) is 13.9. The van der Waals surface area contributed by atoms with Crippen LogP contribution in [0.25, 0.3) is 0 Å². The Hall–Kier alpha value is -1.51. The first-order valence-electron chi connectivity index (χ1n) is 7.50. The number of anilines is 1. The minimum atomic E-state index is -1.61. The van der Waals surface area contributed by atoms with E-state index in [-0.39, 0.29) is 35.5 Å². The average Bonchev–Trinajstić information content (AvgIpc) is 2.60. The first kappa shape index (κ1) is 22.5. The van der Waals surface area contributed by atoms with Crippen LogP contribution in [0.1, 0.15) is 17.7 Å². The van der Waals surface area contributed by atoms with Crippen molar-refractivity contribution in [2.75, 3.05) is 12.4 Å². The molecule has 2 atom stereocenters. The third-order valence-corrected chi connectivity index (χ3v) is 4.83. The normalized spacial score (nSPS) is 12.4. The van der Waals surface area contributed by atoms with E-state index < -0.39 is 17.3 Å². The molecule has 8 heteroatoms. The number of thioether (sulfide) groups is 1. The standard InChI is InChI=1S/C18H19NO5S.Na/c1-11(20)19-14-5-3-4-6-15(14)25-17(16(21)18(22)23)12-7-9-13(24-2)10-8-12;/h3-10,16-17,21H,1-2H3,(H,19,20)(H,22,23);/t16-,17+;/m0./s1. The molecule has 0 spiro atoms. The molecule has 6 nitrogen and oxygen atoms in total.